The van der Waals surface area contributed by atoms with E-state index in [9.17, 15) is 14.4 Å². The zero-order valence-corrected chi connectivity index (χ0v) is 14.5. The SMILES string of the molecule is CN(C)c1ccc(NC(=O)CN2C(=O)c3cccc(Cl)c3C2=O)cc1. The van der Waals surface area contributed by atoms with E-state index in [0.717, 1.165) is 10.6 Å². The van der Waals surface area contributed by atoms with E-state index < -0.39 is 17.7 Å². The Morgan fingerprint density at radius 1 is 1.08 bits per heavy atom. The summed E-state index contributed by atoms with van der Waals surface area (Å²) in [5.74, 6) is -1.52. The van der Waals surface area contributed by atoms with Crippen LogP contribution >= 0.6 is 11.6 Å². The molecule has 0 aromatic heterocycles. The first-order chi connectivity index (χ1) is 11.9. The highest BCUT2D eigenvalue weighted by molar-refractivity contribution is 6.37. The van der Waals surface area contributed by atoms with Crippen molar-refractivity contribution >= 4 is 40.7 Å². The molecule has 0 fully saturated rings. The van der Waals surface area contributed by atoms with Crippen LogP contribution < -0.4 is 10.2 Å². The lowest BCUT2D eigenvalue weighted by Crippen LogP contribution is -2.37. The molecule has 128 valence electrons. The van der Waals surface area contributed by atoms with Gasteiger partial charge in [-0.1, -0.05) is 17.7 Å². The van der Waals surface area contributed by atoms with Crippen molar-refractivity contribution in [2.75, 3.05) is 30.9 Å². The Hall–Kier alpha value is -2.86. The van der Waals surface area contributed by atoms with Crippen LogP contribution in [0, 0.1) is 0 Å². The van der Waals surface area contributed by atoms with E-state index in [1.807, 2.05) is 31.1 Å². The maximum Gasteiger partial charge on any atom is 0.263 e. The number of anilines is 2. The van der Waals surface area contributed by atoms with Crippen molar-refractivity contribution in [1.29, 1.82) is 0 Å². The minimum absolute atomic E-state index is 0.150. The first-order valence-corrected chi connectivity index (χ1v) is 7.98. The van der Waals surface area contributed by atoms with Crippen LogP contribution in [0.4, 0.5) is 11.4 Å². The van der Waals surface area contributed by atoms with Gasteiger partial charge in [0.1, 0.15) is 6.54 Å². The second-order valence-electron chi connectivity index (χ2n) is 5.85. The van der Waals surface area contributed by atoms with Crippen LogP contribution in [0.1, 0.15) is 20.7 Å². The van der Waals surface area contributed by atoms with Crippen LogP contribution in [-0.4, -0.2) is 43.3 Å². The maximum atomic E-state index is 12.4. The molecule has 7 heteroatoms. The van der Waals surface area contributed by atoms with Crippen molar-refractivity contribution in [3.63, 3.8) is 0 Å². The average Bonchev–Trinajstić information content (AvgIpc) is 2.81. The molecule has 2 aromatic carbocycles. The van der Waals surface area contributed by atoms with E-state index >= 15 is 0 Å². The van der Waals surface area contributed by atoms with E-state index in [1.165, 1.54) is 6.07 Å². The van der Waals surface area contributed by atoms with Crippen molar-refractivity contribution < 1.29 is 14.4 Å². The van der Waals surface area contributed by atoms with E-state index in [4.69, 9.17) is 11.6 Å². The Bertz CT molecular complexity index is 862. The number of benzene rings is 2. The third-order valence-electron chi connectivity index (χ3n) is 3.92. The number of nitrogens with one attached hydrogen (secondary N) is 1. The summed E-state index contributed by atoms with van der Waals surface area (Å²) in [7, 11) is 3.84. The number of imide groups is 1. The van der Waals surface area contributed by atoms with E-state index in [2.05, 4.69) is 5.32 Å². The smallest absolute Gasteiger partial charge is 0.263 e. The van der Waals surface area contributed by atoms with Gasteiger partial charge < -0.3 is 10.2 Å². The Labute approximate surface area is 150 Å². The number of nitrogens with zero attached hydrogens (tertiary/aromatic N) is 2. The Morgan fingerprint density at radius 2 is 1.76 bits per heavy atom. The third-order valence-corrected chi connectivity index (χ3v) is 4.23. The lowest BCUT2D eigenvalue weighted by molar-refractivity contribution is -0.116. The molecule has 0 bridgehead atoms. The van der Waals surface area contributed by atoms with Gasteiger partial charge in [0.05, 0.1) is 16.1 Å². The molecule has 1 aliphatic heterocycles. The van der Waals surface area contributed by atoms with Crippen LogP contribution in [0.25, 0.3) is 0 Å². The van der Waals surface area contributed by atoms with E-state index in [-0.39, 0.29) is 22.7 Å². The molecule has 3 amide bonds. The van der Waals surface area contributed by atoms with Crippen LogP contribution in [0.2, 0.25) is 5.02 Å². The molecule has 2 aromatic rings. The molecular weight excluding hydrogens is 342 g/mol. The molecular formula is C18H16ClN3O3. The number of amides is 3. The molecule has 25 heavy (non-hydrogen) atoms. The first kappa shape index (κ1) is 17.0. The topological polar surface area (TPSA) is 69.7 Å². The Balaban J connectivity index is 1.71. The highest BCUT2D eigenvalue weighted by Gasteiger charge is 2.38. The molecule has 0 unspecified atom stereocenters. The van der Waals surface area contributed by atoms with Gasteiger partial charge in [-0.2, -0.15) is 0 Å². The molecule has 6 nitrogen and oxygen atoms in total. The number of halogens is 1. The lowest BCUT2D eigenvalue weighted by Gasteiger charge is -2.15. The summed E-state index contributed by atoms with van der Waals surface area (Å²) in [6, 6.07) is 11.9. The second-order valence-corrected chi connectivity index (χ2v) is 6.26. The molecule has 1 N–H and O–H groups in total. The van der Waals surface area contributed by atoms with Gasteiger partial charge in [-0.05, 0) is 36.4 Å². The molecule has 3 rings (SSSR count). The monoisotopic (exact) mass is 357 g/mol. The van der Waals surface area contributed by atoms with Gasteiger partial charge in [-0.3, -0.25) is 19.3 Å². The fourth-order valence-electron chi connectivity index (χ4n) is 2.62. The summed E-state index contributed by atoms with van der Waals surface area (Å²) in [5, 5.41) is 2.89. The second kappa shape index (κ2) is 6.57. The zero-order chi connectivity index (χ0) is 18.1. The summed E-state index contributed by atoms with van der Waals surface area (Å²) in [6.07, 6.45) is 0. The van der Waals surface area contributed by atoms with Crippen molar-refractivity contribution in [2.45, 2.75) is 0 Å². The molecule has 0 saturated heterocycles. The summed E-state index contributed by atoms with van der Waals surface area (Å²) in [5.41, 5.74) is 1.95. The minimum atomic E-state index is -0.552. The number of rotatable bonds is 4. The summed E-state index contributed by atoms with van der Waals surface area (Å²) in [4.78, 5) is 39.8. The number of fused-ring (bicyclic) bond motifs is 1. The average molecular weight is 358 g/mol. The normalized spacial score (nSPS) is 13.0. The fraction of sp³-hybridized carbons (Fsp3) is 0.167. The van der Waals surface area contributed by atoms with Gasteiger partial charge in [0.15, 0.2) is 0 Å². The predicted octanol–water partition coefficient (Wildman–Crippen LogP) is 2.64. The van der Waals surface area contributed by atoms with E-state index in [0.29, 0.717) is 5.69 Å². The van der Waals surface area contributed by atoms with Gasteiger partial charge in [0, 0.05) is 25.5 Å². The highest BCUT2D eigenvalue weighted by atomic mass is 35.5. The molecule has 0 saturated carbocycles. The predicted molar refractivity (Wildman–Crippen MR) is 96.2 cm³/mol. The Morgan fingerprint density at radius 3 is 2.36 bits per heavy atom. The van der Waals surface area contributed by atoms with Crippen LogP contribution in [-0.2, 0) is 4.79 Å². The van der Waals surface area contributed by atoms with Gasteiger partial charge in [-0.15, -0.1) is 0 Å². The van der Waals surface area contributed by atoms with Crippen molar-refractivity contribution in [1.82, 2.24) is 4.90 Å². The summed E-state index contributed by atoms with van der Waals surface area (Å²) < 4.78 is 0. The maximum absolute atomic E-state index is 12.4. The third kappa shape index (κ3) is 3.21. The van der Waals surface area contributed by atoms with Crippen LogP contribution in [0.5, 0.6) is 0 Å². The number of hydrogen-bond acceptors (Lipinski definition) is 4. The number of carbonyl (C=O) groups is 3. The van der Waals surface area contributed by atoms with Crippen molar-refractivity contribution in [3.8, 4) is 0 Å². The van der Waals surface area contributed by atoms with Crippen LogP contribution in [0.15, 0.2) is 42.5 Å². The molecule has 1 aliphatic rings. The van der Waals surface area contributed by atoms with Gasteiger partial charge in [0.2, 0.25) is 5.91 Å². The lowest BCUT2D eigenvalue weighted by atomic mass is 10.1. The standard InChI is InChI=1S/C18H16ClN3O3/c1-21(2)12-8-6-11(7-9-12)20-15(23)10-22-17(24)13-4-3-5-14(19)16(13)18(22)25/h3-9H,10H2,1-2H3,(H,20,23). The summed E-state index contributed by atoms with van der Waals surface area (Å²) in [6.45, 7) is -0.363. The van der Waals surface area contributed by atoms with Crippen LogP contribution in [0.3, 0.4) is 0 Å². The highest BCUT2D eigenvalue weighted by Crippen LogP contribution is 2.29. The van der Waals surface area contributed by atoms with E-state index in [1.54, 1.807) is 24.3 Å². The largest absolute Gasteiger partial charge is 0.378 e. The summed E-state index contributed by atoms with van der Waals surface area (Å²) >= 11 is 6.00. The molecule has 0 spiro atoms. The van der Waals surface area contributed by atoms with Gasteiger partial charge in [0.25, 0.3) is 11.8 Å². The first-order valence-electron chi connectivity index (χ1n) is 7.60. The van der Waals surface area contributed by atoms with Crippen molar-refractivity contribution in [2.24, 2.45) is 0 Å². The molecule has 1 heterocycles. The molecule has 0 aliphatic carbocycles. The molecule has 0 radical (unpaired) electrons. The van der Waals surface area contributed by atoms with Gasteiger partial charge >= 0.3 is 0 Å². The fourth-order valence-corrected chi connectivity index (χ4v) is 2.88. The van der Waals surface area contributed by atoms with Crippen molar-refractivity contribution in [3.05, 3.63) is 58.6 Å². The quantitative estimate of drug-likeness (QED) is 0.854. The van der Waals surface area contributed by atoms with Gasteiger partial charge in [-0.25, -0.2) is 0 Å². The number of carbonyl (C=O) groups excluding carboxylic acids is 3. The zero-order valence-electron chi connectivity index (χ0n) is 13.7. The molecule has 0 atom stereocenters. The minimum Gasteiger partial charge on any atom is -0.378 e. The number of hydrogen-bond donors (Lipinski definition) is 1. The Kier molecular flexibility index (Phi) is 4.46.